The van der Waals surface area contributed by atoms with Crippen LogP contribution in [-0.4, -0.2) is 65.1 Å². The third kappa shape index (κ3) is 4.09. The third-order valence-corrected chi connectivity index (χ3v) is 7.80. The Hall–Kier alpha value is -1.82. The fourth-order valence-corrected chi connectivity index (χ4v) is 5.64. The minimum atomic E-state index is -0.269. The van der Waals surface area contributed by atoms with Crippen LogP contribution in [0, 0.1) is 16.7 Å². The number of rotatable bonds is 4. The van der Waals surface area contributed by atoms with Gasteiger partial charge in [-0.3, -0.25) is 4.79 Å². The lowest BCUT2D eigenvalue weighted by molar-refractivity contribution is 0.0704. The van der Waals surface area contributed by atoms with Gasteiger partial charge in [-0.2, -0.15) is 5.26 Å². The molecule has 0 unspecified atom stereocenters. The average molecular weight is 430 g/mol. The summed E-state index contributed by atoms with van der Waals surface area (Å²) in [5.74, 6) is 1.14. The lowest BCUT2D eigenvalue weighted by Gasteiger charge is -2.38. The second-order valence-electron chi connectivity index (χ2n) is 7.96. The summed E-state index contributed by atoms with van der Waals surface area (Å²) in [6.07, 6.45) is 3.40. The molecule has 0 aromatic carbocycles. The number of thiophene rings is 1. The first-order chi connectivity index (χ1) is 14.0. The normalized spacial score (nSPS) is 20.0. The van der Waals surface area contributed by atoms with Crippen LogP contribution in [0.1, 0.15) is 37.0 Å². The highest BCUT2D eigenvalue weighted by Gasteiger charge is 2.33. The Kier molecular flexibility index (Phi) is 6.00. The van der Waals surface area contributed by atoms with Gasteiger partial charge in [0, 0.05) is 56.6 Å². The SMILES string of the molecule is CCSN1CCN(C(=O)c2cnc3sccc3c2N2CCC(C)(C#N)CC2)CC1. The first-order valence-corrected chi connectivity index (χ1v) is 12.1. The van der Waals surface area contributed by atoms with E-state index in [1.54, 1.807) is 17.5 Å². The molecule has 4 heterocycles. The smallest absolute Gasteiger partial charge is 0.257 e. The minimum absolute atomic E-state index is 0.0790. The molecular formula is C21H27N5OS2. The van der Waals surface area contributed by atoms with E-state index in [-0.39, 0.29) is 11.3 Å². The van der Waals surface area contributed by atoms with E-state index in [0.29, 0.717) is 5.56 Å². The number of carbonyl (C=O) groups is 1. The van der Waals surface area contributed by atoms with E-state index in [0.717, 1.165) is 73.8 Å². The highest BCUT2D eigenvalue weighted by molar-refractivity contribution is 7.96. The summed E-state index contributed by atoms with van der Waals surface area (Å²) >= 11 is 3.45. The van der Waals surface area contributed by atoms with Crippen LogP contribution in [0.15, 0.2) is 17.6 Å². The zero-order chi connectivity index (χ0) is 20.4. The van der Waals surface area contributed by atoms with Crippen molar-refractivity contribution in [1.82, 2.24) is 14.2 Å². The van der Waals surface area contributed by atoms with Gasteiger partial charge in [-0.05, 0) is 31.2 Å². The number of piperazine rings is 1. The monoisotopic (exact) mass is 429 g/mol. The fraction of sp³-hybridized carbons (Fsp3) is 0.571. The molecule has 4 rings (SSSR count). The number of piperidine rings is 1. The summed E-state index contributed by atoms with van der Waals surface area (Å²) in [6, 6.07) is 4.55. The molecule has 2 aliphatic rings. The quantitative estimate of drug-likeness (QED) is 0.688. The van der Waals surface area contributed by atoms with Gasteiger partial charge < -0.3 is 9.80 Å². The van der Waals surface area contributed by atoms with E-state index in [9.17, 15) is 10.1 Å². The summed E-state index contributed by atoms with van der Waals surface area (Å²) in [5.41, 5.74) is 1.44. The number of carbonyl (C=O) groups excluding carboxylic acids is 1. The zero-order valence-corrected chi connectivity index (χ0v) is 18.7. The Morgan fingerprint density at radius 2 is 2.00 bits per heavy atom. The predicted molar refractivity (Wildman–Crippen MR) is 120 cm³/mol. The van der Waals surface area contributed by atoms with Crippen molar-refractivity contribution >= 4 is 45.1 Å². The Morgan fingerprint density at radius 3 is 2.66 bits per heavy atom. The van der Waals surface area contributed by atoms with Gasteiger partial charge in [-0.1, -0.05) is 18.9 Å². The molecule has 2 aliphatic heterocycles. The molecule has 154 valence electrons. The molecule has 0 bridgehead atoms. The van der Waals surface area contributed by atoms with Crippen LogP contribution in [0.5, 0.6) is 0 Å². The molecule has 29 heavy (non-hydrogen) atoms. The number of nitrogens with zero attached hydrogens (tertiary/aromatic N) is 5. The lowest BCUT2D eigenvalue weighted by atomic mass is 9.81. The number of nitriles is 1. The molecule has 0 spiro atoms. The molecule has 6 nitrogen and oxygen atoms in total. The Labute approximate surface area is 180 Å². The number of aromatic nitrogens is 1. The maximum absolute atomic E-state index is 13.5. The van der Waals surface area contributed by atoms with Crippen molar-refractivity contribution in [2.24, 2.45) is 5.41 Å². The number of hydrogen-bond donors (Lipinski definition) is 0. The molecular weight excluding hydrogens is 402 g/mol. The van der Waals surface area contributed by atoms with Crippen molar-refractivity contribution < 1.29 is 4.79 Å². The van der Waals surface area contributed by atoms with E-state index in [4.69, 9.17) is 0 Å². The van der Waals surface area contributed by atoms with E-state index < -0.39 is 0 Å². The van der Waals surface area contributed by atoms with Crippen LogP contribution >= 0.6 is 23.3 Å². The highest BCUT2D eigenvalue weighted by atomic mass is 32.2. The molecule has 8 heteroatoms. The standard InChI is InChI=1S/C21H27N5OS2/c1-3-29-26-11-9-25(10-12-26)20(27)17-14-23-19-16(4-13-28-19)18(17)24-7-5-21(2,15-22)6-8-24/h4,13-14H,3,5-12H2,1-2H3. The molecule has 0 N–H and O–H groups in total. The summed E-state index contributed by atoms with van der Waals surface area (Å²) < 4.78 is 2.35. The van der Waals surface area contributed by atoms with Crippen molar-refractivity contribution in [3.8, 4) is 6.07 Å². The van der Waals surface area contributed by atoms with Crippen LogP contribution in [0.25, 0.3) is 10.2 Å². The van der Waals surface area contributed by atoms with Gasteiger partial charge in [0.2, 0.25) is 0 Å². The number of anilines is 1. The molecule has 2 saturated heterocycles. The summed E-state index contributed by atoms with van der Waals surface area (Å²) in [4.78, 5) is 23.3. The Morgan fingerprint density at radius 1 is 1.28 bits per heavy atom. The van der Waals surface area contributed by atoms with Crippen molar-refractivity contribution in [3.63, 3.8) is 0 Å². The second kappa shape index (κ2) is 8.50. The molecule has 2 fully saturated rings. The molecule has 0 aliphatic carbocycles. The van der Waals surface area contributed by atoms with Crippen molar-refractivity contribution in [2.75, 3.05) is 49.9 Å². The first kappa shape index (κ1) is 20.5. The maximum atomic E-state index is 13.5. The number of fused-ring (bicyclic) bond motifs is 1. The second-order valence-corrected chi connectivity index (χ2v) is 10.2. The van der Waals surface area contributed by atoms with Gasteiger partial charge in [0.05, 0.1) is 22.7 Å². The zero-order valence-electron chi connectivity index (χ0n) is 17.1. The van der Waals surface area contributed by atoms with Crippen molar-refractivity contribution in [2.45, 2.75) is 26.7 Å². The van der Waals surface area contributed by atoms with Crippen LogP contribution in [-0.2, 0) is 0 Å². The van der Waals surface area contributed by atoms with Crippen molar-refractivity contribution in [3.05, 3.63) is 23.2 Å². The molecule has 0 saturated carbocycles. The Balaban J connectivity index is 1.61. The fourth-order valence-electron chi connectivity index (χ4n) is 4.12. The predicted octanol–water partition coefficient (Wildman–Crippen LogP) is 3.85. The molecule has 0 radical (unpaired) electrons. The van der Waals surface area contributed by atoms with Gasteiger partial charge in [0.1, 0.15) is 4.83 Å². The van der Waals surface area contributed by atoms with Crippen LogP contribution in [0.3, 0.4) is 0 Å². The summed E-state index contributed by atoms with van der Waals surface area (Å²) in [7, 11) is 0. The summed E-state index contributed by atoms with van der Waals surface area (Å²) in [6.45, 7) is 9.08. The maximum Gasteiger partial charge on any atom is 0.257 e. The van der Waals surface area contributed by atoms with E-state index in [2.05, 4.69) is 33.2 Å². The molecule has 2 aromatic heterocycles. The lowest BCUT2D eigenvalue weighted by Crippen LogP contribution is -2.47. The molecule has 1 amide bonds. The topological polar surface area (TPSA) is 63.5 Å². The summed E-state index contributed by atoms with van der Waals surface area (Å²) in [5, 5.41) is 12.6. The van der Waals surface area contributed by atoms with Gasteiger partial charge in [-0.25, -0.2) is 9.29 Å². The Bertz CT molecular complexity index is 921. The van der Waals surface area contributed by atoms with Gasteiger partial charge in [0.15, 0.2) is 0 Å². The molecule has 0 atom stereocenters. The van der Waals surface area contributed by atoms with Gasteiger partial charge >= 0.3 is 0 Å². The van der Waals surface area contributed by atoms with Gasteiger partial charge in [0.25, 0.3) is 5.91 Å². The molecule has 2 aromatic rings. The number of amides is 1. The van der Waals surface area contributed by atoms with E-state index >= 15 is 0 Å². The third-order valence-electron chi connectivity index (χ3n) is 5.99. The van der Waals surface area contributed by atoms with Crippen molar-refractivity contribution in [1.29, 1.82) is 5.26 Å². The van der Waals surface area contributed by atoms with Gasteiger partial charge in [-0.15, -0.1) is 11.3 Å². The highest BCUT2D eigenvalue weighted by Crippen LogP contribution is 2.38. The largest absolute Gasteiger partial charge is 0.370 e. The number of hydrogen-bond acceptors (Lipinski definition) is 7. The van der Waals surface area contributed by atoms with E-state index in [1.165, 1.54) is 0 Å². The van der Waals surface area contributed by atoms with Crippen LogP contribution in [0.4, 0.5) is 5.69 Å². The minimum Gasteiger partial charge on any atom is -0.370 e. The first-order valence-electron chi connectivity index (χ1n) is 10.2. The average Bonchev–Trinajstić information content (AvgIpc) is 3.23. The number of pyridine rings is 1. The van der Waals surface area contributed by atoms with Crippen LogP contribution in [0.2, 0.25) is 0 Å². The van der Waals surface area contributed by atoms with Crippen LogP contribution < -0.4 is 4.90 Å². The van der Waals surface area contributed by atoms with E-state index in [1.807, 2.05) is 29.2 Å².